The monoisotopic (exact) mass is 444 g/mol. The van der Waals surface area contributed by atoms with Crippen molar-refractivity contribution in [2.75, 3.05) is 0 Å². The van der Waals surface area contributed by atoms with E-state index in [9.17, 15) is 5.11 Å². The van der Waals surface area contributed by atoms with E-state index in [4.69, 9.17) is 4.74 Å². The molecule has 1 saturated heterocycles. The molecule has 0 unspecified atom stereocenters. The van der Waals surface area contributed by atoms with Crippen LogP contribution in [0.5, 0.6) is 0 Å². The molecule has 4 saturated carbocycles. The summed E-state index contributed by atoms with van der Waals surface area (Å²) in [6.45, 7) is 19.9. The molecular weight excluding hydrogens is 392 g/mol. The molecule has 1 N–H and O–H groups in total. The first kappa shape index (κ1) is 23.7. The van der Waals surface area contributed by atoms with E-state index in [1.807, 2.05) is 0 Å². The average Bonchev–Trinajstić information content (AvgIpc) is 3.03. The SMILES string of the molecule is CC1(C)CCC[C@]2(C)[C@H]3CC[C@@H]4[C@H]([C@@]5(C)CC[C@H](O)C(C)(C)O5)CC[C@@]4(C)[C@]3(C)CC[C@@H]12. The van der Waals surface area contributed by atoms with Gasteiger partial charge in [-0.1, -0.05) is 41.0 Å². The van der Waals surface area contributed by atoms with Crippen molar-refractivity contribution in [2.45, 2.75) is 143 Å². The van der Waals surface area contributed by atoms with E-state index in [2.05, 4.69) is 55.4 Å². The van der Waals surface area contributed by atoms with Crippen LogP contribution in [0.4, 0.5) is 0 Å². The Morgan fingerprint density at radius 3 is 2.00 bits per heavy atom. The number of ether oxygens (including phenoxy) is 1. The van der Waals surface area contributed by atoms with Crippen molar-refractivity contribution < 1.29 is 9.84 Å². The minimum absolute atomic E-state index is 0.0811. The van der Waals surface area contributed by atoms with Gasteiger partial charge in [-0.25, -0.2) is 0 Å². The van der Waals surface area contributed by atoms with Crippen LogP contribution < -0.4 is 0 Å². The Hall–Kier alpha value is -0.0800. The van der Waals surface area contributed by atoms with E-state index >= 15 is 0 Å². The van der Waals surface area contributed by atoms with Crippen molar-refractivity contribution >= 4 is 0 Å². The molecule has 2 nitrogen and oxygen atoms in total. The summed E-state index contributed by atoms with van der Waals surface area (Å²) in [6.07, 6.45) is 14.3. The van der Waals surface area contributed by atoms with Gasteiger partial charge in [-0.2, -0.15) is 0 Å². The van der Waals surface area contributed by atoms with Gasteiger partial charge in [0.1, 0.15) is 0 Å². The fourth-order valence-corrected chi connectivity index (χ4v) is 11.3. The van der Waals surface area contributed by atoms with Crippen LogP contribution in [0, 0.1) is 45.3 Å². The highest BCUT2D eigenvalue weighted by atomic mass is 16.5. The Morgan fingerprint density at radius 1 is 0.625 bits per heavy atom. The van der Waals surface area contributed by atoms with E-state index < -0.39 is 5.60 Å². The van der Waals surface area contributed by atoms with Gasteiger partial charge in [-0.05, 0) is 130 Å². The summed E-state index contributed by atoms with van der Waals surface area (Å²) in [5.41, 5.74) is 1.43. The Balaban J connectivity index is 1.46. The minimum Gasteiger partial charge on any atom is -0.390 e. The third-order valence-electron chi connectivity index (χ3n) is 13.1. The van der Waals surface area contributed by atoms with E-state index in [0.29, 0.717) is 27.6 Å². The molecule has 5 rings (SSSR count). The molecule has 9 atom stereocenters. The van der Waals surface area contributed by atoms with E-state index in [0.717, 1.165) is 30.6 Å². The summed E-state index contributed by atoms with van der Waals surface area (Å²) < 4.78 is 6.80. The predicted octanol–water partition coefficient (Wildman–Crippen LogP) is 7.77. The van der Waals surface area contributed by atoms with Crippen molar-refractivity contribution in [1.82, 2.24) is 0 Å². The van der Waals surface area contributed by atoms with E-state index in [-0.39, 0.29) is 11.7 Å². The molecular formula is C30H52O2. The fraction of sp³-hybridized carbons (Fsp3) is 1.00. The van der Waals surface area contributed by atoms with Gasteiger partial charge in [-0.15, -0.1) is 0 Å². The zero-order valence-corrected chi connectivity index (χ0v) is 22.5. The normalized spacial score (nSPS) is 56.7. The summed E-state index contributed by atoms with van der Waals surface area (Å²) in [7, 11) is 0. The Bertz CT molecular complexity index is 756. The predicted molar refractivity (Wildman–Crippen MR) is 132 cm³/mol. The third-order valence-corrected chi connectivity index (χ3v) is 13.1. The van der Waals surface area contributed by atoms with Gasteiger partial charge >= 0.3 is 0 Å². The Kier molecular flexibility index (Phi) is 5.17. The van der Waals surface area contributed by atoms with Crippen LogP contribution in [0.25, 0.3) is 0 Å². The molecule has 32 heavy (non-hydrogen) atoms. The third kappa shape index (κ3) is 2.96. The number of hydrogen-bond donors (Lipinski definition) is 1. The quantitative estimate of drug-likeness (QED) is 0.447. The number of aliphatic hydroxyl groups excluding tert-OH is 1. The molecule has 184 valence electrons. The zero-order chi connectivity index (χ0) is 23.4. The van der Waals surface area contributed by atoms with Crippen molar-refractivity contribution in [3.63, 3.8) is 0 Å². The van der Waals surface area contributed by atoms with Crippen LogP contribution in [0.15, 0.2) is 0 Å². The van der Waals surface area contributed by atoms with Crippen LogP contribution in [0.1, 0.15) is 126 Å². The van der Waals surface area contributed by atoms with Crippen molar-refractivity contribution in [1.29, 1.82) is 0 Å². The molecule has 0 aromatic heterocycles. The second-order valence-corrected chi connectivity index (χ2v) is 15.2. The van der Waals surface area contributed by atoms with Gasteiger partial charge in [-0.3, -0.25) is 0 Å². The Morgan fingerprint density at radius 2 is 1.31 bits per heavy atom. The Labute approximate surface area is 198 Å². The molecule has 5 aliphatic rings. The average molecular weight is 445 g/mol. The van der Waals surface area contributed by atoms with E-state index in [1.54, 1.807) is 0 Å². The van der Waals surface area contributed by atoms with Crippen LogP contribution in [0.3, 0.4) is 0 Å². The minimum atomic E-state index is -0.424. The summed E-state index contributed by atoms with van der Waals surface area (Å²) in [5, 5.41) is 10.5. The highest BCUT2D eigenvalue weighted by Crippen LogP contribution is 2.76. The standard InChI is InChI=1S/C30H52O2/c1-25(2)15-9-16-27(5)22(25)13-18-29(7)23(27)11-10-20-21(12-17-28(20,29)6)30(8)19-14-24(31)26(3,4)32-30/h20-24,31H,9-19H2,1-8H3/t20-,21-,22+,23-,24+,27+,28-,29-,30-/m1/s1. The molecule has 0 amide bonds. The van der Waals surface area contributed by atoms with Gasteiger partial charge in [0.25, 0.3) is 0 Å². The van der Waals surface area contributed by atoms with Crippen LogP contribution >= 0.6 is 0 Å². The maximum absolute atomic E-state index is 10.5. The molecule has 2 heteroatoms. The highest BCUT2D eigenvalue weighted by molar-refractivity contribution is 5.18. The summed E-state index contributed by atoms with van der Waals surface area (Å²) in [4.78, 5) is 0. The smallest absolute Gasteiger partial charge is 0.0891 e. The van der Waals surface area contributed by atoms with Gasteiger partial charge in [0.05, 0.1) is 17.3 Å². The van der Waals surface area contributed by atoms with Crippen LogP contribution in [-0.2, 0) is 4.74 Å². The van der Waals surface area contributed by atoms with Crippen LogP contribution in [-0.4, -0.2) is 22.4 Å². The van der Waals surface area contributed by atoms with Gasteiger partial charge < -0.3 is 9.84 Å². The van der Waals surface area contributed by atoms with Crippen LogP contribution in [0.2, 0.25) is 0 Å². The first-order valence-corrected chi connectivity index (χ1v) is 14.1. The number of hydrogen-bond acceptors (Lipinski definition) is 2. The first-order valence-electron chi connectivity index (χ1n) is 14.1. The van der Waals surface area contributed by atoms with Gasteiger partial charge in [0, 0.05) is 0 Å². The second-order valence-electron chi connectivity index (χ2n) is 15.2. The summed E-state index contributed by atoms with van der Waals surface area (Å²) in [5.74, 6) is 3.20. The van der Waals surface area contributed by atoms with Gasteiger partial charge in [0.15, 0.2) is 0 Å². The van der Waals surface area contributed by atoms with Crippen molar-refractivity contribution in [2.24, 2.45) is 45.3 Å². The molecule has 0 bridgehead atoms. The summed E-state index contributed by atoms with van der Waals surface area (Å²) in [6, 6.07) is 0. The topological polar surface area (TPSA) is 29.5 Å². The highest BCUT2D eigenvalue weighted by Gasteiger charge is 2.69. The first-order chi connectivity index (χ1) is 14.7. The maximum Gasteiger partial charge on any atom is 0.0891 e. The van der Waals surface area contributed by atoms with Gasteiger partial charge in [0.2, 0.25) is 0 Å². The fourth-order valence-electron chi connectivity index (χ4n) is 11.3. The lowest BCUT2D eigenvalue weighted by Gasteiger charge is -2.69. The molecule has 5 fully saturated rings. The molecule has 0 aromatic rings. The largest absolute Gasteiger partial charge is 0.390 e. The molecule has 0 spiro atoms. The lowest BCUT2D eigenvalue weighted by molar-refractivity contribution is -0.250. The number of rotatable bonds is 1. The lowest BCUT2D eigenvalue weighted by atomic mass is 9.35. The zero-order valence-electron chi connectivity index (χ0n) is 22.5. The van der Waals surface area contributed by atoms with E-state index in [1.165, 1.54) is 57.8 Å². The maximum atomic E-state index is 10.5. The van der Waals surface area contributed by atoms with Crippen molar-refractivity contribution in [3.05, 3.63) is 0 Å². The second kappa shape index (κ2) is 6.99. The lowest BCUT2D eigenvalue weighted by Crippen LogP contribution is -2.63. The number of fused-ring (bicyclic) bond motifs is 5. The molecule has 0 radical (unpaired) electrons. The molecule has 4 aliphatic carbocycles. The molecule has 0 aromatic carbocycles. The molecule has 1 heterocycles. The molecule has 1 aliphatic heterocycles. The summed E-state index contributed by atoms with van der Waals surface area (Å²) >= 11 is 0. The number of aliphatic hydroxyl groups is 1. The van der Waals surface area contributed by atoms with Crippen molar-refractivity contribution in [3.8, 4) is 0 Å².